The predicted molar refractivity (Wildman–Crippen MR) is 113 cm³/mol. The highest BCUT2D eigenvalue weighted by molar-refractivity contribution is 8.06. The van der Waals surface area contributed by atoms with Crippen molar-refractivity contribution in [1.82, 2.24) is 4.98 Å². The lowest BCUT2D eigenvalue weighted by Gasteiger charge is -2.18. The highest BCUT2D eigenvalue weighted by Gasteiger charge is 2.43. The van der Waals surface area contributed by atoms with E-state index < -0.39 is 6.29 Å². The monoisotopic (exact) mass is 435 g/mol. The average molecular weight is 435 g/mol. The van der Waals surface area contributed by atoms with Crippen LogP contribution in [0.25, 0.3) is 11.3 Å². The maximum atomic E-state index is 13.4. The quantitative estimate of drug-likeness (QED) is 0.601. The number of methoxy groups -OCH3 is 1. The number of ether oxygens (including phenoxy) is 3. The second-order valence-corrected chi connectivity index (χ2v) is 7.74. The number of aromatic nitrogens is 1. The largest absolute Gasteiger partial charge is 0.586 e. The molecule has 5 nitrogen and oxygen atoms in total. The third-order valence-corrected chi connectivity index (χ3v) is 6.11. The summed E-state index contributed by atoms with van der Waals surface area (Å²) in [4.78, 5) is 6.64. The lowest BCUT2D eigenvalue weighted by Crippen LogP contribution is -2.25. The number of pyridine rings is 1. The van der Waals surface area contributed by atoms with E-state index in [2.05, 4.69) is 9.47 Å². The van der Waals surface area contributed by atoms with Gasteiger partial charge in [0.2, 0.25) is 0 Å². The van der Waals surface area contributed by atoms with Crippen LogP contribution < -0.4 is 14.2 Å². The first kappa shape index (κ1) is 22.1. The van der Waals surface area contributed by atoms with Crippen LogP contribution in [0, 0.1) is 0 Å². The maximum Gasteiger partial charge on any atom is 0.586 e. The number of rotatable bonds is 7. The van der Waals surface area contributed by atoms with Crippen molar-refractivity contribution in [3.63, 3.8) is 0 Å². The number of allylic oxidation sites excluding steroid dienone is 3. The minimum absolute atomic E-state index is 0.0253. The van der Waals surface area contributed by atoms with E-state index >= 15 is 0 Å². The molecule has 0 fully saturated rings. The van der Waals surface area contributed by atoms with E-state index in [-0.39, 0.29) is 24.0 Å². The van der Waals surface area contributed by atoms with E-state index in [4.69, 9.17) is 9.72 Å². The first-order chi connectivity index (χ1) is 14.3. The highest BCUT2D eigenvalue weighted by Crippen LogP contribution is 2.44. The Morgan fingerprint density at radius 3 is 2.57 bits per heavy atom. The molecule has 0 aliphatic carbocycles. The molecule has 1 aromatic carbocycles. The van der Waals surface area contributed by atoms with Crippen molar-refractivity contribution < 1.29 is 28.1 Å². The van der Waals surface area contributed by atoms with Gasteiger partial charge in [-0.2, -0.15) is 0 Å². The minimum atomic E-state index is -3.68. The molecule has 1 aliphatic rings. The lowest BCUT2D eigenvalue weighted by atomic mass is 10.0. The third kappa shape index (κ3) is 4.60. The van der Waals surface area contributed by atoms with Crippen molar-refractivity contribution in [1.29, 1.82) is 0 Å². The van der Waals surface area contributed by atoms with E-state index in [0.717, 1.165) is 15.5 Å². The number of nitrogens with zero attached hydrogens (tertiary/aromatic N) is 1. The molecule has 3 rings (SSSR count). The summed E-state index contributed by atoms with van der Waals surface area (Å²) in [6, 6.07) is 8.19. The fourth-order valence-electron chi connectivity index (χ4n) is 3.05. The second kappa shape index (κ2) is 9.06. The van der Waals surface area contributed by atoms with Gasteiger partial charge in [0.15, 0.2) is 11.5 Å². The number of aliphatic hydroxyl groups excluding tert-OH is 1. The van der Waals surface area contributed by atoms with Gasteiger partial charge in [0.1, 0.15) is 11.4 Å². The van der Waals surface area contributed by atoms with Crippen LogP contribution in [0.2, 0.25) is 0 Å². The molecular formula is C22H23F2NO4S. The standard InChI is InChI=1S/C22H23F2NO4S/c1-5-15(12-26)30-20(6-2)13(3)16-8-10-18(27-4)21(25-16)14-7-9-17-19(11-14)29-22(23,24)28-17/h5-11,13,26H,12H2,1-4H3/b15-5-,20-6-. The summed E-state index contributed by atoms with van der Waals surface area (Å²) in [5.41, 5.74) is 1.86. The van der Waals surface area contributed by atoms with Gasteiger partial charge >= 0.3 is 6.29 Å². The SMILES string of the molecule is C/C=C(/CO)S/C(=C\C)C(C)c1ccc(OC)c(-c2ccc3c(c2)OC(F)(F)O3)n1. The Bertz CT molecular complexity index is 991. The van der Waals surface area contributed by atoms with Crippen LogP contribution in [0.5, 0.6) is 17.2 Å². The second-order valence-electron chi connectivity index (χ2n) is 6.54. The fraction of sp³-hybridized carbons (Fsp3) is 0.318. The highest BCUT2D eigenvalue weighted by atomic mass is 32.2. The molecule has 1 aliphatic heterocycles. The number of hydrogen-bond acceptors (Lipinski definition) is 6. The first-order valence-corrected chi connectivity index (χ1v) is 10.2. The van der Waals surface area contributed by atoms with E-state index in [9.17, 15) is 13.9 Å². The Kier molecular flexibility index (Phi) is 6.67. The molecule has 1 aromatic heterocycles. The molecule has 1 unspecified atom stereocenters. The zero-order chi connectivity index (χ0) is 21.9. The minimum Gasteiger partial charge on any atom is -0.494 e. The van der Waals surface area contributed by atoms with Crippen LogP contribution in [0.15, 0.2) is 52.3 Å². The third-order valence-electron chi connectivity index (χ3n) is 4.66. The molecule has 160 valence electrons. The van der Waals surface area contributed by atoms with Crippen LogP contribution in [-0.4, -0.2) is 30.1 Å². The fourth-order valence-corrected chi connectivity index (χ4v) is 3.95. The summed E-state index contributed by atoms with van der Waals surface area (Å²) in [5, 5.41) is 9.47. The number of aliphatic hydroxyl groups is 1. The van der Waals surface area contributed by atoms with E-state index in [0.29, 0.717) is 17.0 Å². The first-order valence-electron chi connectivity index (χ1n) is 9.37. The van der Waals surface area contributed by atoms with Crippen LogP contribution in [0.4, 0.5) is 8.78 Å². The van der Waals surface area contributed by atoms with Crippen molar-refractivity contribution >= 4 is 11.8 Å². The summed E-state index contributed by atoms with van der Waals surface area (Å²) >= 11 is 1.50. The predicted octanol–water partition coefficient (Wildman–Crippen LogP) is 5.72. The molecule has 0 spiro atoms. The molecular weight excluding hydrogens is 412 g/mol. The Balaban J connectivity index is 1.97. The van der Waals surface area contributed by atoms with Crippen LogP contribution in [0.1, 0.15) is 32.4 Å². The molecule has 0 amide bonds. The number of hydrogen-bond donors (Lipinski definition) is 1. The topological polar surface area (TPSA) is 60.8 Å². The maximum absolute atomic E-state index is 13.4. The van der Waals surface area contributed by atoms with Crippen molar-refractivity contribution in [2.45, 2.75) is 33.0 Å². The molecule has 0 bridgehead atoms. The van der Waals surface area contributed by atoms with Gasteiger partial charge in [0.05, 0.1) is 13.7 Å². The number of alkyl halides is 2. The Morgan fingerprint density at radius 2 is 1.93 bits per heavy atom. The normalized spacial score (nSPS) is 16.5. The smallest absolute Gasteiger partial charge is 0.494 e. The Morgan fingerprint density at radius 1 is 1.20 bits per heavy atom. The lowest BCUT2D eigenvalue weighted by molar-refractivity contribution is -0.286. The number of fused-ring (bicyclic) bond motifs is 1. The zero-order valence-corrected chi connectivity index (χ0v) is 17.9. The Hall–Kier alpha value is -2.58. The van der Waals surface area contributed by atoms with Crippen LogP contribution in [-0.2, 0) is 0 Å². The summed E-state index contributed by atoms with van der Waals surface area (Å²) in [7, 11) is 1.53. The van der Waals surface area contributed by atoms with Gasteiger partial charge in [0, 0.05) is 22.1 Å². The van der Waals surface area contributed by atoms with Gasteiger partial charge in [-0.3, -0.25) is 0 Å². The molecule has 1 N–H and O–H groups in total. The molecule has 0 saturated carbocycles. The molecule has 0 saturated heterocycles. The molecule has 8 heteroatoms. The van der Waals surface area contributed by atoms with Crippen molar-refractivity contribution in [3.05, 3.63) is 58.0 Å². The van der Waals surface area contributed by atoms with Gasteiger partial charge in [-0.15, -0.1) is 8.78 Å². The van der Waals surface area contributed by atoms with Crippen LogP contribution in [0.3, 0.4) is 0 Å². The molecule has 1 atom stereocenters. The van der Waals surface area contributed by atoms with E-state index in [1.54, 1.807) is 12.1 Å². The van der Waals surface area contributed by atoms with E-state index in [1.807, 2.05) is 39.0 Å². The van der Waals surface area contributed by atoms with Gasteiger partial charge < -0.3 is 19.3 Å². The van der Waals surface area contributed by atoms with Crippen LogP contribution >= 0.6 is 11.8 Å². The number of benzene rings is 1. The summed E-state index contributed by atoms with van der Waals surface area (Å²) < 4.78 is 41.2. The van der Waals surface area contributed by atoms with Gasteiger partial charge in [-0.05, 0) is 49.1 Å². The average Bonchev–Trinajstić information content (AvgIpc) is 3.06. The number of halogens is 2. The van der Waals surface area contributed by atoms with Crippen molar-refractivity contribution in [2.24, 2.45) is 0 Å². The van der Waals surface area contributed by atoms with E-state index in [1.165, 1.54) is 31.0 Å². The number of thioether (sulfide) groups is 1. The summed E-state index contributed by atoms with van der Waals surface area (Å²) in [6.45, 7) is 5.80. The van der Waals surface area contributed by atoms with Crippen molar-refractivity contribution in [2.75, 3.05) is 13.7 Å². The Labute approximate surface area is 178 Å². The molecule has 30 heavy (non-hydrogen) atoms. The summed E-state index contributed by atoms with van der Waals surface area (Å²) in [5.74, 6) is 0.383. The zero-order valence-electron chi connectivity index (χ0n) is 17.1. The van der Waals surface area contributed by atoms with Gasteiger partial charge in [-0.25, -0.2) is 4.98 Å². The summed E-state index contributed by atoms with van der Waals surface area (Å²) in [6.07, 6.45) is 0.184. The molecule has 2 heterocycles. The van der Waals surface area contributed by atoms with Gasteiger partial charge in [0.25, 0.3) is 0 Å². The van der Waals surface area contributed by atoms with Gasteiger partial charge in [-0.1, -0.05) is 30.8 Å². The van der Waals surface area contributed by atoms with Crippen molar-refractivity contribution in [3.8, 4) is 28.5 Å². The molecule has 0 radical (unpaired) electrons. The molecule has 2 aromatic rings.